The molecule has 1 fully saturated rings. The Balaban J connectivity index is 1.71. The normalized spacial score (nSPS) is 19.7. The number of ether oxygens (including phenoxy) is 2. The third kappa shape index (κ3) is 3.14. The molecule has 88 valence electrons. The van der Waals surface area contributed by atoms with Gasteiger partial charge in [-0.05, 0) is 50.1 Å². The number of nitrogens with one attached hydrogen (secondary N) is 1. The Morgan fingerprint density at radius 3 is 2.62 bits per heavy atom. The molecule has 1 N–H and O–H groups in total. The minimum absolute atomic E-state index is 0.651. The number of hydrogen-bond acceptors (Lipinski definition) is 3. The predicted molar refractivity (Wildman–Crippen MR) is 64.1 cm³/mol. The summed E-state index contributed by atoms with van der Waals surface area (Å²) in [7, 11) is 1.67. The molecule has 1 unspecified atom stereocenters. The first-order valence-electron chi connectivity index (χ1n) is 5.89. The molecule has 1 aromatic carbocycles. The monoisotopic (exact) mass is 221 g/mol. The van der Waals surface area contributed by atoms with Gasteiger partial charge in [0.25, 0.3) is 0 Å². The van der Waals surface area contributed by atoms with Crippen LogP contribution in [0.1, 0.15) is 19.3 Å². The summed E-state index contributed by atoms with van der Waals surface area (Å²) in [6.07, 6.45) is 3.67. The van der Waals surface area contributed by atoms with E-state index in [0.29, 0.717) is 6.04 Å². The van der Waals surface area contributed by atoms with Crippen LogP contribution in [0.3, 0.4) is 0 Å². The van der Waals surface area contributed by atoms with Gasteiger partial charge in [0.15, 0.2) is 0 Å². The Bertz CT molecular complexity index is 304. The fourth-order valence-corrected chi connectivity index (χ4v) is 1.99. The van der Waals surface area contributed by atoms with Crippen LogP contribution in [0.5, 0.6) is 11.5 Å². The summed E-state index contributed by atoms with van der Waals surface area (Å²) in [6.45, 7) is 1.94. The molecule has 1 aliphatic heterocycles. The van der Waals surface area contributed by atoms with Crippen LogP contribution in [-0.4, -0.2) is 26.3 Å². The van der Waals surface area contributed by atoms with E-state index in [0.717, 1.165) is 31.1 Å². The Labute approximate surface area is 96.8 Å². The smallest absolute Gasteiger partial charge is 0.119 e. The van der Waals surface area contributed by atoms with E-state index in [-0.39, 0.29) is 0 Å². The molecule has 1 aliphatic rings. The molecule has 3 nitrogen and oxygen atoms in total. The molecule has 16 heavy (non-hydrogen) atoms. The van der Waals surface area contributed by atoms with E-state index < -0.39 is 0 Å². The van der Waals surface area contributed by atoms with Gasteiger partial charge >= 0.3 is 0 Å². The molecule has 1 atom stereocenters. The van der Waals surface area contributed by atoms with E-state index in [9.17, 15) is 0 Å². The molecule has 1 aromatic rings. The Morgan fingerprint density at radius 2 is 2.00 bits per heavy atom. The maximum absolute atomic E-state index is 5.67. The molecule has 2 rings (SSSR count). The summed E-state index contributed by atoms with van der Waals surface area (Å²) in [5.41, 5.74) is 0. The van der Waals surface area contributed by atoms with Crippen molar-refractivity contribution in [2.24, 2.45) is 0 Å². The highest BCUT2D eigenvalue weighted by molar-refractivity contribution is 5.31. The minimum Gasteiger partial charge on any atom is -0.497 e. The van der Waals surface area contributed by atoms with Gasteiger partial charge in [-0.3, -0.25) is 0 Å². The van der Waals surface area contributed by atoms with Gasteiger partial charge in [-0.15, -0.1) is 0 Å². The van der Waals surface area contributed by atoms with Gasteiger partial charge in [-0.25, -0.2) is 0 Å². The van der Waals surface area contributed by atoms with Crippen molar-refractivity contribution in [2.75, 3.05) is 20.3 Å². The van der Waals surface area contributed by atoms with Crippen LogP contribution < -0.4 is 14.8 Å². The molecule has 0 amide bonds. The number of benzene rings is 1. The summed E-state index contributed by atoms with van der Waals surface area (Å²) < 4.78 is 10.8. The Kier molecular flexibility index (Phi) is 4.05. The Morgan fingerprint density at radius 1 is 1.25 bits per heavy atom. The number of hydrogen-bond donors (Lipinski definition) is 1. The highest BCUT2D eigenvalue weighted by Gasteiger charge is 2.13. The fourth-order valence-electron chi connectivity index (χ4n) is 1.99. The van der Waals surface area contributed by atoms with Crippen molar-refractivity contribution in [3.05, 3.63) is 24.3 Å². The van der Waals surface area contributed by atoms with Gasteiger partial charge < -0.3 is 14.8 Å². The molecule has 1 heterocycles. The maximum Gasteiger partial charge on any atom is 0.119 e. The van der Waals surface area contributed by atoms with Gasteiger partial charge in [0.1, 0.15) is 11.5 Å². The van der Waals surface area contributed by atoms with E-state index >= 15 is 0 Å². The van der Waals surface area contributed by atoms with E-state index in [4.69, 9.17) is 9.47 Å². The van der Waals surface area contributed by atoms with Crippen LogP contribution in [0, 0.1) is 0 Å². The largest absolute Gasteiger partial charge is 0.497 e. The molecular weight excluding hydrogens is 202 g/mol. The molecule has 0 saturated carbocycles. The van der Waals surface area contributed by atoms with Crippen molar-refractivity contribution in [2.45, 2.75) is 25.3 Å². The van der Waals surface area contributed by atoms with Gasteiger partial charge in [0.05, 0.1) is 13.7 Å². The minimum atomic E-state index is 0.651. The zero-order valence-corrected chi connectivity index (χ0v) is 9.74. The first-order chi connectivity index (χ1) is 7.88. The topological polar surface area (TPSA) is 30.5 Å². The van der Waals surface area contributed by atoms with Crippen LogP contribution in [0.25, 0.3) is 0 Å². The van der Waals surface area contributed by atoms with Crippen LogP contribution in [0.4, 0.5) is 0 Å². The van der Waals surface area contributed by atoms with Gasteiger partial charge in [0.2, 0.25) is 0 Å². The molecular formula is C13H19NO2. The maximum atomic E-state index is 5.67. The average molecular weight is 221 g/mol. The summed E-state index contributed by atoms with van der Waals surface area (Å²) in [4.78, 5) is 0. The van der Waals surface area contributed by atoms with Crippen LogP contribution >= 0.6 is 0 Å². The highest BCUT2D eigenvalue weighted by Crippen LogP contribution is 2.17. The van der Waals surface area contributed by atoms with Crippen molar-refractivity contribution in [3.8, 4) is 11.5 Å². The summed E-state index contributed by atoms with van der Waals surface area (Å²) in [5, 5.41) is 3.46. The first kappa shape index (κ1) is 11.3. The predicted octanol–water partition coefficient (Wildman–Crippen LogP) is 2.22. The lowest BCUT2D eigenvalue weighted by atomic mass is 10.2. The summed E-state index contributed by atoms with van der Waals surface area (Å²) in [6, 6.07) is 8.38. The second kappa shape index (κ2) is 5.75. The van der Waals surface area contributed by atoms with E-state index in [1.165, 1.54) is 12.8 Å². The van der Waals surface area contributed by atoms with Crippen molar-refractivity contribution >= 4 is 0 Å². The third-order valence-electron chi connectivity index (χ3n) is 2.96. The molecule has 0 bridgehead atoms. The molecule has 1 saturated heterocycles. The summed E-state index contributed by atoms with van der Waals surface area (Å²) >= 11 is 0. The van der Waals surface area contributed by atoms with Gasteiger partial charge in [-0.2, -0.15) is 0 Å². The molecule has 0 spiro atoms. The number of rotatable bonds is 5. The van der Waals surface area contributed by atoms with Gasteiger partial charge in [0, 0.05) is 6.04 Å². The first-order valence-corrected chi connectivity index (χ1v) is 5.89. The van der Waals surface area contributed by atoms with E-state index in [1.807, 2.05) is 24.3 Å². The highest BCUT2D eigenvalue weighted by atomic mass is 16.5. The fraction of sp³-hybridized carbons (Fsp3) is 0.538. The molecule has 0 aromatic heterocycles. The van der Waals surface area contributed by atoms with Crippen molar-refractivity contribution in [1.82, 2.24) is 5.32 Å². The second-order valence-electron chi connectivity index (χ2n) is 4.11. The quantitative estimate of drug-likeness (QED) is 0.827. The SMILES string of the molecule is COc1ccc(OCCC2CCCN2)cc1. The lowest BCUT2D eigenvalue weighted by Gasteiger charge is -2.11. The summed E-state index contributed by atoms with van der Waals surface area (Å²) in [5.74, 6) is 1.78. The standard InChI is InChI=1S/C13H19NO2/c1-15-12-4-6-13(7-5-12)16-10-8-11-3-2-9-14-11/h4-7,11,14H,2-3,8-10H2,1H3. The lowest BCUT2D eigenvalue weighted by molar-refractivity contribution is 0.291. The zero-order chi connectivity index (χ0) is 11.2. The molecule has 0 radical (unpaired) electrons. The van der Waals surface area contributed by atoms with Crippen molar-refractivity contribution < 1.29 is 9.47 Å². The van der Waals surface area contributed by atoms with E-state index in [2.05, 4.69) is 5.32 Å². The second-order valence-corrected chi connectivity index (χ2v) is 4.11. The molecule has 0 aliphatic carbocycles. The zero-order valence-electron chi connectivity index (χ0n) is 9.74. The lowest BCUT2D eigenvalue weighted by Crippen LogP contribution is -2.23. The third-order valence-corrected chi connectivity index (χ3v) is 2.96. The van der Waals surface area contributed by atoms with E-state index in [1.54, 1.807) is 7.11 Å². The van der Waals surface area contributed by atoms with Gasteiger partial charge in [-0.1, -0.05) is 0 Å². The van der Waals surface area contributed by atoms with Crippen LogP contribution in [-0.2, 0) is 0 Å². The molecule has 3 heteroatoms. The average Bonchev–Trinajstić information content (AvgIpc) is 2.83. The van der Waals surface area contributed by atoms with Crippen molar-refractivity contribution in [3.63, 3.8) is 0 Å². The number of methoxy groups -OCH3 is 1. The van der Waals surface area contributed by atoms with Crippen LogP contribution in [0.15, 0.2) is 24.3 Å². The Hall–Kier alpha value is -1.22. The van der Waals surface area contributed by atoms with Crippen molar-refractivity contribution in [1.29, 1.82) is 0 Å². The van der Waals surface area contributed by atoms with Crippen LogP contribution in [0.2, 0.25) is 0 Å².